The first kappa shape index (κ1) is 11.0. The first-order chi connectivity index (χ1) is 5.00. The molecule has 0 aromatic rings. The molecular weight excluding hydrogens is 136 g/mol. The Hall–Kier alpha value is -0.0400. The van der Waals surface area contributed by atoms with Crippen molar-refractivity contribution in [2.45, 2.75) is 59.0 Å². The van der Waals surface area contributed by atoms with Crippen LogP contribution < -0.4 is 0 Å². The van der Waals surface area contributed by atoms with Gasteiger partial charge in [0.2, 0.25) is 0 Å². The minimum Gasteiger partial charge on any atom is -0.390 e. The van der Waals surface area contributed by atoms with Gasteiger partial charge in [-0.25, -0.2) is 0 Å². The molecular formula is C10H22O. The lowest BCUT2D eigenvalue weighted by Crippen LogP contribution is -2.30. The summed E-state index contributed by atoms with van der Waals surface area (Å²) in [5, 5.41) is 9.82. The summed E-state index contributed by atoms with van der Waals surface area (Å²) in [5.41, 5.74) is -0.449. The lowest BCUT2D eigenvalue weighted by atomic mass is 9.87. The van der Waals surface area contributed by atoms with E-state index in [9.17, 15) is 5.11 Å². The van der Waals surface area contributed by atoms with Crippen LogP contribution in [0.5, 0.6) is 0 Å². The molecule has 0 aliphatic carbocycles. The summed E-state index contributed by atoms with van der Waals surface area (Å²) in [5.74, 6) is 0.374. The highest BCUT2D eigenvalue weighted by atomic mass is 16.3. The van der Waals surface area contributed by atoms with Crippen molar-refractivity contribution in [2.75, 3.05) is 0 Å². The van der Waals surface area contributed by atoms with Gasteiger partial charge in [0.1, 0.15) is 0 Å². The van der Waals surface area contributed by atoms with Crippen LogP contribution in [-0.2, 0) is 0 Å². The highest BCUT2D eigenvalue weighted by molar-refractivity contribution is 4.75. The van der Waals surface area contributed by atoms with E-state index in [-0.39, 0.29) is 0 Å². The molecule has 0 aliphatic rings. The summed E-state index contributed by atoms with van der Waals surface area (Å²) in [6, 6.07) is 0. The maximum Gasteiger partial charge on any atom is 0.0642 e. The summed E-state index contributed by atoms with van der Waals surface area (Å²) in [6.45, 7) is 8.27. The van der Waals surface area contributed by atoms with Crippen LogP contribution in [0.3, 0.4) is 0 Å². The van der Waals surface area contributed by atoms with Crippen LogP contribution in [-0.4, -0.2) is 10.7 Å². The van der Waals surface area contributed by atoms with Crippen LogP contribution in [0.4, 0.5) is 0 Å². The van der Waals surface area contributed by atoms with E-state index in [0.29, 0.717) is 5.92 Å². The van der Waals surface area contributed by atoms with Crippen molar-refractivity contribution in [1.82, 2.24) is 0 Å². The van der Waals surface area contributed by atoms with E-state index in [1.165, 1.54) is 12.8 Å². The van der Waals surface area contributed by atoms with E-state index in [1.54, 1.807) is 0 Å². The molecule has 0 rings (SSSR count). The van der Waals surface area contributed by atoms with Gasteiger partial charge in [-0.2, -0.15) is 0 Å². The maximum absolute atomic E-state index is 9.82. The van der Waals surface area contributed by atoms with Gasteiger partial charge in [-0.15, -0.1) is 0 Å². The molecule has 1 unspecified atom stereocenters. The van der Waals surface area contributed by atoms with Gasteiger partial charge in [-0.3, -0.25) is 0 Å². The van der Waals surface area contributed by atoms with Crippen LogP contribution >= 0.6 is 0 Å². The Bertz CT molecular complexity index is 95.0. The molecule has 0 bridgehead atoms. The lowest BCUT2D eigenvalue weighted by Gasteiger charge is -2.27. The predicted molar refractivity (Wildman–Crippen MR) is 49.6 cm³/mol. The molecule has 1 nitrogen and oxygen atoms in total. The normalized spacial score (nSPS) is 16.9. The third kappa shape index (κ3) is 4.41. The zero-order valence-corrected chi connectivity index (χ0v) is 8.35. The van der Waals surface area contributed by atoms with Crippen molar-refractivity contribution < 1.29 is 5.11 Å². The topological polar surface area (TPSA) is 20.2 Å². The Labute approximate surface area is 70.8 Å². The van der Waals surface area contributed by atoms with E-state index >= 15 is 0 Å². The zero-order chi connectivity index (χ0) is 8.91. The molecule has 0 fully saturated rings. The van der Waals surface area contributed by atoms with Gasteiger partial charge in [0.25, 0.3) is 0 Å². The minimum atomic E-state index is -0.449. The van der Waals surface area contributed by atoms with Crippen molar-refractivity contribution >= 4 is 0 Å². The van der Waals surface area contributed by atoms with Crippen molar-refractivity contribution in [1.29, 1.82) is 0 Å². The van der Waals surface area contributed by atoms with Gasteiger partial charge in [0, 0.05) is 0 Å². The summed E-state index contributed by atoms with van der Waals surface area (Å²) in [4.78, 5) is 0. The van der Waals surface area contributed by atoms with Gasteiger partial charge in [0.15, 0.2) is 0 Å². The smallest absolute Gasteiger partial charge is 0.0642 e. The Balaban J connectivity index is 3.55. The second-order valence-electron chi connectivity index (χ2n) is 3.97. The van der Waals surface area contributed by atoms with E-state index < -0.39 is 5.60 Å². The largest absolute Gasteiger partial charge is 0.390 e. The molecule has 0 heterocycles. The quantitative estimate of drug-likeness (QED) is 0.610. The summed E-state index contributed by atoms with van der Waals surface area (Å²) < 4.78 is 0. The molecule has 0 aliphatic heterocycles. The fourth-order valence-electron chi connectivity index (χ4n) is 1.02. The Morgan fingerprint density at radius 3 is 2.18 bits per heavy atom. The van der Waals surface area contributed by atoms with Gasteiger partial charge in [0.05, 0.1) is 5.60 Å². The van der Waals surface area contributed by atoms with E-state index in [4.69, 9.17) is 0 Å². The second-order valence-corrected chi connectivity index (χ2v) is 3.97. The van der Waals surface area contributed by atoms with Crippen LogP contribution in [0.2, 0.25) is 0 Å². The molecule has 0 spiro atoms. The predicted octanol–water partition coefficient (Wildman–Crippen LogP) is 2.97. The molecule has 1 atom stereocenters. The molecule has 0 radical (unpaired) electrons. The van der Waals surface area contributed by atoms with Crippen molar-refractivity contribution in [3.05, 3.63) is 0 Å². The number of hydrogen-bond donors (Lipinski definition) is 1. The first-order valence-electron chi connectivity index (χ1n) is 4.73. The summed E-state index contributed by atoms with van der Waals surface area (Å²) >= 11 is 0. The van der Waals surface area contributed by atoms with E-state index in [2.05, 4.69) is 20.8 Å². The fraction of sp³-hybridized carbons (Fsp3) is 1.00. The summed E-state index contributed by atoms with van der Waals surface area (Å²) in [6.07, 6.45) is 4.57. The van der Waals surface area contributed by atoms with Crippen molar-refractivity contribution in [3.63, 3.8) is 0 Å². The molecule has 11 heavy (non-hydrogen) atoms. The first-order valence-corrected chi connectivity index (χ1v) is 4.73. The van der Waals surface area contributed by atoms with Crippen molar-refractivity contribution in [3.8, 4) is 0 Å². The van der Waals surface area contributed by atoms with Crippen LogP contribution in [0, 0.1) is 5.92 Å². The molecule has 0 amide bonds. The maximum atomic E-state index is 9.82. The molecule has 0 aromatic carbocycles. The Morgan fingerprint density at radius 2 is 1.82 bits per heavy atom. The SMILES string of the molecule is CCCCCC(C)(O)C(C)C. The number of rotatable bonds is 5. The van der Waals surface area contributed by atoms with E-state index in [1.807, 2.05) is 6.92 Å². The van der Waals surface area contributed by atoms with Gasteiger partial charge in [-0.1, -0.05) is 40.0 Å². The highest BCUT2D eigenvalue weighted by Crippen LogP contribution is 2.22. The van der Waals surface area contributed by atoms with Crippen molar-refractivity contribution in [2.24, 2.45) is 5.92 Å². The van der Waals surface area contributed by atoms with Crippen LogP contribution in [0.1, 0.15) is 53.4 Å². The molecule has 1 heteroatoms. The molecule has 0 saturated heterocycles. The molecule has 1 N–H and O–H groups in total. The summed E-state index contributed by atoms with van der Waals surface area (Å²) in [7, 11) is 0. The van der Waals surface area contributed by atoms with Crippen LogP contribution in [0.15, 0.2) is 0 Å². The third-order valence-electron chi connectivity index (χ3n) is 2.53. The standard InChI is InChI=1S/C10H22O/c1-5-6-7-8-10(4,11)9(2)3/h9,11H,5-8H2,1-4H3. The number of aliphatic hydroxyl groups is 1. The lowest BCUT2D eigenvalue weighted by molar-refractivity contribution is 0.00318. The average Bonchev–Trinajstić information content (AvgIpc) is 1.88. The zero-order valence-electron chi connectivity index (χ0n) is 8.35. The van der Waals surface area contributed by atoms with Crippen LogP contribution in [0.25, 0.3) is 0 Å². The monoisotopic (exact) mass is 158 g/mol. The average molecular weight is 158 g/mol. The minimum absolute atomic E-state index is 0.374. The van der Waals surface area contributed by atoms with Gasteiger partial charge in [-0.05, 0) is 19.3 Å². The molecule has 0 saturated carbocycles. The molecule has 68 valence electrons. The Morgan fingerprint density at radius 1 is 1.27 bits per heavy atom. The number of hydrogen-bond acceptors (Lipinski definition) is 1. The third-order valence-corrected chi connectivity index (χ3v) is 2.53. The second kappa shape index (κ2) is 4.76. The number of unbranched alkanes of at least 4 members (excludes halogenated alkanes) is 2. The highest BCUT2D eigenvalue weighted by Gasteiger charge is 2.23. The fourth-order valence-corrected chi connectivity index (χ4v) is 1.02. The van der Waals surface area contributed by atoms with Gasteiger partial charge >= 0.3 is 0 Å². The Kier molecular flexibility index (Phi) is 4.74. The van der Waals surface area contributed by atoms with E-state index in [0.717, 1.165) is 12.8 Å². The molecule has 0 aromatic heterocycles. The van der Waals surface area contributed by atoms with Gasteiger partial charge < -0.3 is 5.11 Å².